The molecule has 1 N–H and O–H groups in total. The number of pyridine rings is 1. The van der Waals surface area contributed by atoms with Crippen LogP contribution in [-0.2, 0) is 16.4 Å². The third-order valence-electron chi connectivity index (χ3n) is 5.41. The average Bonchev–Trinajstić information content (AvgIpc) is 2.76. The quantitative estimate of drug-likeness (QED) is 0.405. The smallest absolute Gasteiger partial charge is 0.175 e. The highest BCUT2D eigenvalue weighted by Gasteiger charge is 2.11. The first-order chi connectivity index (χ1) is 14.8. The van der Waals surface area contributed by atoms with Gasteiger partial charge in [0, 0.05) is 35.6 Å². The number of hydrogen-bond donors (Lipinski definition) is 1. The molecule has 0 aliphatic carbocycles. The third kappa shape index (κ3) is 4.78. The van der Waals surface area contributed by atoms with E-state index in [-0.39, 0.29) is 0 Å². The standard InChI is InChI=1S/C26H26N2O2S/c1-18(2)22-15-21-8-5-13-27-26(21)25(16-22)20-7-4-6-19(14-20)17-28-23-9-11-24(12-10-23)31(3,29)30/h4-16,18,28H,17H2,1-3H3. The summed E-state index contributed by atoms with van der Waals surface area (Å²) in [7, 11) is -3.18. The molecular weight excluding hydrogens is 404 g/mol. The fourth-order valence-corrected chi connectivity index (χ4v) is 4.27. The predicted octanol–water partition coefficient (Wildman–Crippen LogP) is 6.04. The number of aromatic nitrogens is 1. The van der Waals surface area contributed by atoms with Gasteiger partial charge in [-0.2, -0.15) is 0 Å². The normalized spacial score (nSPS) is 11.7. The Bertz CT molecular complexity index is 1330. The summed E-state index contributed by atoms with van der Waals surface area (Å²) in [5.41, 5.74) is 6.60. The SMILES string of the molecule is CC(C)c1cc(-c2cccc(CNc3ccc(S(C)(=O)=O)cc3)c2)c2ncccc2c1. The molecule has 0 spiro atoms. The number of benzene rings is 3. The molecule has 0 atom stereocenters. The monoisotopic (exact) mass is 430 g/mol. The number of sulfone groups is 1. The highest BCUT2D eigenvalue weighted by molar-refractivity contribution is 7.90. The van der Waals surface area contributed by atoms with Crippen LogP contribution in [0.5, 0.6) is 0 Å². The van der Waals surface area contributed by atoms with E-state index >= 15 is 0 Å². The summed E-state index contributed by atoms with van der Waals surface area (Å²) in [6.07, 6.45) is 3.06. The first kappa shape index (κ1) is 21.1. The number of rotatable bonds is 6. The molecule has 5 heteroatoms. The third-order valence-corrected chi connectivity index (χ3v) is 6.54. The zero-order chi connectivity index (χ0) is 22.0. The van der Waals surface area contributed by atoms with Crippen molar-refractivity contribution in [2.45, 2.75) is 31.2 Å². The molecule has 158 valence electrons. The van der Waals surface area contributed by atoms with Crippen LogP contribution in [0, 0.1) is 0 Å². The second-order valence-electron chi connectivity index (χ2n) is 8.15. The van der Waals surface area contributed by atoms with Gasteiger partial charge in [-0.3, -0.25) is 4.98 Å². The summed E-state index contributed by atoms with van der Waals surface area (Å²) in [5.74, 6) is 0.433. The molecule has 0 saturated heterocycles. The van der Waals surface area contributed by atoms with Gasteiger partial charge in [0.2, 0.25) is 0 Å². The van der Waals surface area contributed by atoms with Gasteiger partial charge in [0.15, 0.2) is 9.84 Å². The van der Waals surface area contributed by atoms with Gasteiger partial charge < -0.3 is 5.32 Å². The van der Waals surface area contributed by atoms with Gasteiger partial charge in [-0.05, 0) is 71.1 Å². The van der Waals surface area contributed by atoms with Crippen LogP contribution in [0.3, 0.4) is 0 Å². The Morgan fingerprint density at radius 2 is 1.71 bits per heavy atom. The molecule has 0 radical (unpaired) electrons. The van der Waals surface area contributed by atoms with Crippen LogP contribution < -0.4 is 5.32 Å². The molecule has 31 heavy (non-hydrogen) atoms. The van der Waals surface area contributed by atoms with E-state index in [1.807, 2.05) is 12.3 Å². The van der Waals surface area contributed by atoms with E-state index in [1.54, 1.807) is 24.3 Å². The van der Waals surface area contributed by atoms with Crippen molar-refractivity contribution in [1.82, 2.24) is 4.98 Å². The fourth-order valence-electron chi connectivity index (χ4n) is 3.64. The van der Waals surface area contributed by atoms with Gasteiger partial charge in [0.25, 0.3) is 0 Å². The van der Waals surface area contributed by atoms with Crippen molar-refractivity contribution in [3.63, 3.8) is 0 Å². The van der Waals surface area contributed by atoms with Gasteiger partial charge in [-0.1, -0.05) is 38.1 Å². The highest BCUT2D eigenvalue weighted by Crippen LogP contribution is 2.32. The van der Waals surface area contributed by atoms with E-state index in [2.05, 4.69) is 66.6 Å². The van der Waals surface area contributed by atoms with Gasteiger partial charge in [0.05, 0.1) is 10.4 Å². The number of nitrogens with zero attached hydrogens (tertiary/aromatic N) is 1. The molecule has 0 aliphatic heterocycles. The largest absolute Gasteiger partial charge is 0.381 e. The lowest BCUT2D eigenvalue weighted by Crippen LogP contribution is -2.01. The van der Waals surface area contributed by atoms with Crippen molar-refractivity contribution >= 4 is 26.4 Å². The summed E-state index contributed by atoms with van der Waals surface area (Å²) in [5, 5.41) is 4.53. The number of anilines is 1. The molecule has 1 heterocycles. The molecule has 0 amide bonds. The summed E-state index contributed by atoms with van der Waals surface area (Å²) >= 11 is 0. The van der Waals surface area contributed by atoms with E-state index in [4.69, 9.17) is 0 Å². The number of nitrogens with one attached hydrogen (secondary N) is 1. The zero-order valence-corrected chi connectivity index (χ0v) is 18.8. The van der Waals surface area contributed by atoms with E-state index < -0.39 is 9.84 Å². The molecule has 1 aromatic heterocycles. The Balaban J connectivity index is 1.62. The predicted molar refractivity (Wildman–Crippen MR) is 128 cm³/mol. The summed E-state index contributed by atoms with van der Waals surface area (Å²) in [6.45, 7) is 5.05. The number of hydrogen-bond acceptors (Lipinski definition) is 4. The summed E-state index contributed by atoms with van der Waals surface area (Å²) in [4.78, 5) is 4.97. The second kappa shape index (κ2) is 8.52. The zero-order valence-electron chi connectivity index (χ0n) is 18.0. The van der Waals surface area contributed by atoms with Crippen molar-refractivity contribution in [3.05, 3.63) is 90.1 Å². The van der Waals surface area contributed by atoms with Gasteiger partial charge in [-0.15, -0.1) is 0 Å². The maximum atomic E-state index is 11.6. The van der Waals surface area contributed by atoms with Crippen molar-refractivity contribution in [1.29, 1.82) is 0 Å². The van der Waals surface area contributed by atoms with Crippen LogP contribution in [0.1, 0.15) is 30.9 Å². The lowest BCUT2D eigenvalue weighted by molar-refractivity contribution is 0.602. The molecule has 4 nitrogen and oxygen atoms in total. The minimum atomic E-state index is -3.18. The Labute approximate surface area is 183 Å². The summed E-state index contributed by atoms with van der Waals surface area (Å²) < 4.78 is 23.3. The van der Waals surface area contributed by atoms with Crippen molar-refractivity contribution < 1.29 is 8.42 Å². The minimum absolute atomic E-state index is 0.324. The first-order valence-corrected chi connectivity index (χ1v) is 12.2. The van der Waals surface area contributed by atoms with Crippen molar-refractivity contribution in [2.75, 3.05) is 11.6 Å². The molecule has 4 rings (SSSR count). The molecule has 0 saturated carbocycles. The van der Waals surface area contributed by atoms with Crippen LogP contribution in [-0.4, -0.2) is 19.7 Å². The molecule has 3 aromatic carbocycles. The van der Waals surface area contributed by atoms with Crippen LogP contribution in [0.4, 0.5) is 5.69 Å². The Morgan fingerprint density at radius 3 is 2.42 bits per heavy atom. The summed E-state index contributed by atoms with van der Waals surface area (Å²) in [6, 6.07) is 23.9. The molecule has 0 aliphatic rings. The lowest BCUT2D eigenvalue weighted by Gasteiger charge is -2.13. The molecule has 0 unspecified atom stereocenters. The van der Waals surface area contributed by atoms with Crippen LogP contribution >= 0.6 is 0 Å². The average molecular weight is 431 g/mol. The number of fused-ring (bicyclic) bond motifs is 1. The highest BCUT2D eigenvalue weighted by atomic mass is 32.2. The topological polar surface area (TPSA) is 59.1 Å². The minimum Gasteiger partial charge on any atom is -0.381 e. The Morgan fingerprint density at radius 1 is 0.935 bits per heavy atom. The molecule has 4 aromatic rings. The van der Waals surface area contributed by atoms with E-state index in [1.165, 1.54) is 11.8 Å². The van der Waals surface area contributed by atoms with Crippen LogP contribution in [0.2, 0.25) is 0 Å². The Hall–Kier alpha value is -3.18. The maximum Gasteiger partial charge on any atom is 0.175 e. The Kier molecular flexibility index (Phi) is 5.79. The van der Waals surface area contributed by atoms with Gasteiger partial charge >= 0.3 is 0 Å². The fraction of sp³-hybridized carbons (Fsp3) is 0.192. The van der Waals surface area contributed by atoms with E-state index in [0.29, 0.717) is 17.4 Å². The second-order valence-corrected chi connectivity index (χ2v) is 10.2. The van der Waals surface area contributed by atoms with Gasteiger partial charge in [-0.25, -0.2) is 8.42 Å². The lowest BCUT2D eigenvalue weighted by atomic mass is 9.93. The molecular formula is C26H26N2O2S. The van der Waals surface area contributed by atoms with Crippen molar-refractivity contribution in [3.8, 4) is 11.1 Å². The van der Waals surface area contributed by atoms with E-state index in [0.717, 1.165) is 33.3 Å². The van der Waals surface area contributed by atoms with Crippen LogP contribution in [0.15, 0.2) is 83.9 Å². The first-order valence-electron chi connectivity index (χ1n) is 10.3. The molecule has 0 bridgehead atoms. The van der Waals surface area contributed by atoms with Crippen LogP contribution in [0.25, 0.3) is 22.0 Å². The maximum absolute atomic E-state index is 11.6. The van der Waals surface area contributed by atoms with Gasteiger partial charge in [0.1, 0.15) is 0 Å². The van der Waals surface area contributed by atoms with Crippen molar-refractivity contribution in [2.24, 2.45) is 0 Å². The molecule has 0 fully saturated rings. The van der Waals surface area contributed by atoms with E-state index in [9.17, 15) is 8.42 Å².